The summed E-state index contributed by atoms with van der Waals surface area (Å²) >= 11 is 0. The number of amides is 1. The van der Waals surface area contributed by atoms with Gasteiger partial charge in [0.15, 0.2) is 0 Å². The van der Waals surface area contributed by atoms with Gasteiger partial charge in [-0.15, -0.1) is 0 Å². The summed E-state index contributed by atoms with van der Waals surface area (Å²) in [5.41, 5.74) is 6.39. The second kappa shape index (κ2) is 7.90. The van der Waals surface area contributed by atoms with Gasteiger partial charge in [0.2, 0.25) is 0 Å². The summed E-state index contributed by atoms with van der Waals surface area (Å²) in [4.78, 5) is 17.1. The molecule has 0 radical (unpaired) electrons. The summed E-state index contributed by atoms with van der Waals surface area (Å²) in [6, 6.07) is 13.6. The van der Waals surface area contributed by atoms with Gasteiger partial charge in [-0.2, -0.15) is 0 Å². The fourth-order valence-electron chi connectivity index (χ4n) is 3.64. The standard InChI is InChI=1S/C23H22FN3O/c1-15-21(19-10-11-25-12-18(19)13-26-15)14-27-23(28)17-8-6-16(7-9-17)20-4-2-3-5-22(20)24/h2-9,13,25H,10-12,14H2,1H3,(H,27,28). The Kier molecular flexibility index (Phi) is 5.17. The van der Waals surface area contributed by atoms with Gasteiger partial charge >= 0.3 is 0 Å². The van der Waals surface area contributed by atoms with E-state index in [0.717, 1.165) is 36.3 Å². The number of carbonyl (C=O) groups is 1. The van der Waals surface area contributed by atoms with E-state index in [-0.39, 0.29) is 11.7 Å². The summed E-state index contributed by atoms with van der Waals surface area (Å²) in [5, 5.41) is 6.35. The molecule has 2 heterocycles. The molecule has 4 nitrogen and oxygen atoms in total. The van der Waals surface area contributed by atoms with Crippen molar-refractivity contribution in [1.29, 1.82) is 0 Å². The van der Waals surface area contributed by atoms with E-state index in [1.165, 1.54) is 17.2 Å². The largest absolute Gasteiger partial charge is 0.348 e. The number of aromatic nitrogens is 1. The van der Waals surface area contributed by atoms with Gasteiger partial charge in [0.25, 0.3) is 5.91 Å². The predicted octanol–water partition coefficient (Wildman–Crippen LogP) is 3.77. The molecule has 142 valence electrons. The normalized spacial score (nSPS) is 13.1. The quantitative estimate of drug-likeness (QED) is 0.730. The number of nitrogens with zero attached hydrogens (tertiary/aromatic N) is 1. The zero-order chi connectivity index (χ0) is 19.5. The lowest BCUT2D eigenvalue weighted by atomic mass is 9.96. The molecule has 5 heteroatoms. The van der Waals surface area contributed by atoms with Crippen LogP contribution < -0.4 is 10.6 Å². The molecule has 1 aliphatic rings. The first-order valence-corrected chi connectivity index (χ1v) is 9.43. The molecule has 1 aromatic heterocycles. The smallest absolute Gasteiger partial charge is 0.251 e. The molecule has 0 atom stereocenters. The monoisotopic (exact) mass is 375 g/mol. The van der Waals surface area contributed by atoms with Crippen LogP contribution in [-0.4, -0.2) is 17.4 Å². The molecule has 0 bridgehead atoms. The minimum absolute atomic E-state index is 0.147. The SMILES string of the molecule is Cc1ncc2c(c1CNC(=O)c1ccc(-c3ccccc3F)cc1)CCNC2. The molecule has 1 amide bonds. The number of hydrogen-bond acceptors (Lipinski definition) is 3. The van der Waals surface area contributed by atoms with Gasteiger partial charge in [-0.05, 0) is 60.3 Å². The second-order valence-corrected chi connectivity index (χ2v) is 6.99. The van der Waals surface area contributed by atoms with Gasteiger partial charge in [-0.3, -0.25) is 9.78 Å². The molecule has 2 N–H and O–H groups in total. The summed E-state index contributed by atoms with van der Waals surface area (Å²) in [5.74, 6) is -0.419. The molecule has 0 unspecified atom stereocenters. The Morgan fingerprint density at radius 2 is 1.96 bits per heavy atom. The van der Waals surface area contributed by atoms with Crippen molar-refractivity contribution in [1.82, 2.24) is 15.6 Å². The Morgan fingerprint density at radius 3 is 2.75 bits per heavy atom. The molecule has 4 rings (SSSR count). The molecule has 1 aliphatic heterocycles. The molecule has 3 aromatic rings. The van der Waals surface area contributed by atoms with Crippen molar-refractivity contribution in [3.8, 4) is 11.1 Å². The van der Waals surface area contributed by atoms with Crippen LogP contribution in [0.3, 0.4) is 0 Å². The van der Waals surface area contributed by atoms with Crippen LogP contribution in [0.25, 0.3) is 11.1 Å². The van der Waals surface area contributed by atoms with Gasteiger partial charge in [0.05, 0.1) is 0 Å². The van der Waals surface area contributed by atoms with E-state index in [4.69, 9.17) is 0 Å². The topological polar surface area (TPSA) is 54.0 Å². The summed E-state index contributed by atoms with van der Waals surface area (Å²) < 4.78 is 13.9. The number of pyridine rings is 1. The minimum Gasteiger partial charge on any atom is -0.348 e. The van der Waals surface area contributed by atoms with E-state index >= 15 is 0 Å². The van der Waals surface area contributed by atoms with Crippen molar-refractivity contribution in [2.24, 2.45) is 0 Å². The molecule has 2 aromatic carbocycles. The molecule has 0 spiro atoms. The summed E-state index contributed by atoms with van der Waals surface area (Å²) in [7, 11) is 0. The van der Waals surface area contributed by atoms with E-state index in [9.17, 15) is 9.18 Å². The maximum Gasteiger partial charge on any atom is 0.251 e. The van der Waals surface area contributed by atoms with E-state index in [1.807, 2.05) is 13.1 Å². The fraction of sp³-hybridized carbons (Fsp3) is 0.217. The molecular formula is C23H22FN3O. The van der Waals surface area contributed by atoms with Crippen molar-refractivity contribution in [2.45, 2.75) is 26.4 Å². The van der Waals surface area contributed by atoms with Crippen molar-refractivity contribution in [3.05, 3.63) is 88.5 Å². The van der Waals surface area contributed by atoms with Crippen LogP contribution in [0.2, 0.25) is 0 Å². The highest BCUT2D eigenvalue weighted by molar-refractivity contribution is 5.94. The highest BCUT2D eigenvalue weighted by Gasteiger charge is 2.16. The molecule has 0 saturated carbocycles. The van der Waals surface area contributed by atoms with E-state index < -0.39 is 0 Å². The molecule has 0 aliphatic carbocycles. The summed E-state index contributed by atoms with van der Waals surface area (Å²) in [6.45, 7) is 4.19. The number of nitrogens with one attached hydrogen (secondary N) is 2. The highest BCUT2D eigenvalue weighted by Crippen LogP contribution is 2.23. The average molecular weight is 375 g/mol. The zero-order valence-electron chi connectivity index (χ0n) is 15.8. The Morgan fingerprint density at radius 1 is 1.18 bits per heavy atom. The van der Waals surface area contributed by atoms with Crippen LogP contribution in [0.5, 0.6) is 0 Å². The third-order valence-corrected chi connectivity index (χ3v) is 5.23. The predicted molar refractivity (Wildman–Crippen MR) is 107 cm³/mol. The van der Waals surface area contributed by atoms with Crippen LogP contribution in [0.15, 0.2) is 54.7 Å². The zero-order valence-corrected chi connectivity index (χ0v) is 15.8. The lowest BCUT2D eigenvalue weighted by Gasteiger charge is -2.21. The first-order chi connectivity index (χ1) is 13.6. The van der Waals surface area contributed by atoms with E-state index in [1.54, 1.807) is 42.5 Å². The van der Waals surface area contributed by atoms with Crippen molar-refractivity contribution in [2.75, 3.05) is 6.54 Å². The second-order valence-electron chi connectivity index (χ2n) is 6.99. The lowest BCUT2D eigenvalue weighted by Crippen LogP contribution is -2.28. The lowest BCUT2D eigenvalue weighted by molar-refractivity contribution is 0.0950. The minimum atomic E-state index is -0.272. The summed E-state index contributed by atoms with van der Waals surface area (Å²) in [6.07, 6.45) is 2.87. The molecule has 0 fully saturated rings. The maximum atomic E-state index is 13.9. The number of aryl methyl sites for hydroxylation is 1. The average Bonchev–Trinajstić information content (AvgIpc) is 2.73. The highest BCUT2D eigenvalue weighted by atomic mass is 19.1. The van der Waals surface area contributed by atoms with E-state index in [0.29, 0.717) is 17.7 Å². The van der Waals surface area contributed by atoms with Gasteiger partial charge in [0.1, 0.15) is 5.82 Å². The van der Waals surface area contributed by atoms with Crippen LogP contribution >= 0.6 is 0 Å². The van der Waals surface area contributed by atoms with Crippen LogP contribution in [-0.2, 0) is 19.5 Å². The van der Waals surface area contributed by atoms with Crippen LogP contribution in [0.1, 0.15) is 32.7 Å². The Bertz CT molecular complexity index is 1010. The number of hydrogen-bond donors (Lipinski definition) is 2. The molecule has 28 heavy (non-hydrogen) atoms. The Labute approximate surface area is 163 Å². The van der Waals surface area contributed by atoms with Gasteiger partial charge in [-0.25, -0.2) is 4.39 Å². The maximum absolute atomic E-state index is 13.9. The molecular weight excluding hydrogens is 353 g/mol. The number of carbonyl (C=O) groups excluding carboxylic acids is 1. The first kappa shape index (κ1) is 18.3. The Balaban J connectivity index is 1.49. The number of benzene rings is 2. The Hall–Kier alpha value is -3.05. The van der Waals surface area contributed by atoms with Crippen molar-refractivity contribution < 1.29 is 9.18 Å². The van der Waals surface area contributed by atoms with Crippen LogP contribution in [0, 0.1) is 12.7 Å². The van der Waals surface area contributed by atoms with Crippen molar-refractivity contribution >= 4 is 5.91 Å². The van der Waals surface area contributed by atoms with Gasteiger partial charge in [0, 0.05) is 36.1 Å². The fourth-order valence-corrected chi connectivity index (χ4v) is 3.64. The number of rotatable bonds is 4. The van der Waals surface area contributed by atoms with Crippen molar-refractivity contribution in [3.63, 3.8) is 0 Å². The van der Waals surface area contributed by atoms with E-state index in [2.05, 4.69) is 15.6 Å². The third-order valence-electron chi connectivity index (χ3n) is 5.23. The van der Waals surface area contributed by atoms with Crippen LogP contribution in [0.4, 0.5) is 4.39 Å². The molecule has 0 saturated heterocycles. The van der Waals surface area contributed by atoms with Gasteiger partial charge in [-0.1, -0.05) is 30.3 Å². The number of halogens is 1. The first-order valence-electron chi connectivity index (χ1n) is 9.43. The van der Waals surface area contributed by atoms with Gasteiger partial charge < -0.3 is 10.6 Å². The third kappa shape index (κ3) is 3.66. The number of fused-ring (bicyclic) bond motifs is 1.